The Morgan fingerprint density at radius 2 is 1.88 bits per heavy atom. The third-order valence-corrected chi connectivity index (χ3v) is 5.27. The summed E-state index contributed by atoms with van der Waals surface area (Å²) in [5, 5.41) is 11.2. The molecule has 1 aromatic heterocycles. The van der Waals surface area contributed by atoms with E-state index in [0.29, 0.717) is 29.3 Å². The highest BCUT2D eigenvalue weighted by molar-refractivity contribution is 6.51. The fourth-order valence-corrected chi connectivity index (χ4v) is 3.80. The number of carbonyl (C=O) groups is 2. The third-order valence-electron chi connectivity index (χ3n) is 5.27. The van der Waals surface area contributed by atoms with Crippen molar-refractivity contribution in [3.8, 4) is 5.75 Å². The molecule has 1 fully saturated rings. The predicted molar refractivity (Wildman–Crippen MR) is 122 cm³/mol. The number of Topliss-reactive ketones (excluding diaryl/α,β-unsaturated/α-hetero) is 1. The Hall–Kier alpha value is -3.93. The molecule has 0 bridgehead atoms. The van der Waals surface area contributed by atoms with E-state index in [1.807, 2.05) is 32.0 Å². The molecule has 0 aliphatic carbocycles. The van der Waals surface area contributed by atoms with Crippen LogP contribution in [0.15, 0.2) is 78.5 Å². The molecule has 2 heterocycles. The van der Waals surface area contributed by atoms with Gasteiger partial charge in [0.25, 0.3) is 11.7 Å². The number of nitrogens with zero attached hydrogens (tertiary/aromatic N) is 2. The molecular formula is C26H24N2O4. The minimum atomic E-state index is -0.849. The van der Waals surface area contributed by atoms with Crippen molar-refractivity contribution in [2.75, 3.05) is 11.5 Å². The molecule has 162 valence electrons. The summed E-state index contributed by atoms with van der Waals surface area (Å²) >= 11 is 0. The number of benzene rings is 2. The summed E-state index contributed by atoms with van der Waals surface area (Å²) in [6, 6.07) is 18.7. The summed E-state index contributed by atoms with van der Waals surface area (Å²) in [7, 11) is 0. The molecule has 0 saturated carbocycles. The molecule has 4 rings (SSSR count). The molecule has 1 amide bonds. The maximum atomic E-state index is 13.2. The number of aryl methyl sites for hydroxylation is 1. The molecule has 2 aromatic carbocycles. The Bertz CT molecular complexity index is 1190. The van der Waals surface area contributed by atoms with Gasteiger partial charge in [0.1, 0.15) is 17.6 Å². The van der Waals surface area contributed by atoms with Gasteiger partial charge in [0.15, 0.2) is 0 Å². The number of anilines is 1. The van der Waals surface area contributed by atoms with E-state index in [9.17, 15) is 14.7 Å². The van der Waals surface area contributed by atoms with Gasteiger partial charge in [-0.1, -0.05) is 37.3 Å². The first kappa shape index (κ1) is 21.3. The van der Waals surface area contributed by atoms with Gasteiger partial charge in [0, 0.05) is 17.4 Å². The molecule has 1 aliphatic heterocycles. The van der Waals surface area contributed by atoms with Crippen LogP contribution in [0.2, 0.25) is 0 Å². The molecule has 0 radical (unpaired) electrons. The van der Waals surface area contributed by atoms with Gasteiger partial charge in [-0.25, -0.2) is 0 Å². The van der Waals surface area contributed by atoms with E-state index in [4.69, 9.17) is 4.74 Å². The number of pyridine rings is 1. The Labute approximate surface area is 186 Å². The average molecular weight is 428 g/mol. The Balaban J connectivity index is 1.88. The standard InChI is InChI=1S/C26H24N2O4/c1-3-14-32-20-11-7-9-18(16-20)24(29)22-23(21-12-4-5-13-27-21)28(26(31)25(22)30)19-10-6-8-17(2)15-19/h4-13,15-16,23,29H,3,14H2,1-2H3/b24-22+. The maximum absolute atomic E-state index is 13.2. The second-order valence-electron chi connectivity index (χ2n) is 7.64. The zero-order chi connectivity index (χ0) is 22.7. The van der Waals surface area contributed by atoms with Crippen LogP contribution in [0.3, 0.4) is 0 Å². The van der Waals surface area contributed by atoms with Crippen molar-refractivity contribution in [1.82, 2.24) is 4.98 Å². The quantitative estimate of drug-likeness (QED) is 0.346. The summed E-state index contributed by atoms with van der Waals surface area (Å²) < 4.78 is 5.66. The molecule has 3 aromatic rings. The van der Waals surface area contributed by atoms with Crippen LogP contribution >= 0.6 is 0 Å². The first-order valence-electron chi connectivity index (χ1n) is 10.5. The highest BCUT2D eigenvalue weighted by atomic mass is 16.5. The lowest BCUT2D eigenvalue weighted by Gasteiger charge is -2.24. The van der Waals surface area contributed by atoms with Crippen LogP contribution in [0.1, 0.15) is 36.2 Å². The summed E-state index contributed by atoms with van der Waals surface area (Å²) in [6.45, 7) is 4.46. The number of aliphatic hydroxyl groups excluding tert-OH is 1. The number of aromatic nitrogens is 1. The summed E-state index contributed by atoms with van der Waals surface area (Å²) in [5.41, 5.74) is 2.42. The summed E-state index contributed by atoms with van der Waals surface area (Å²) in [6.07, 6.45) is 2.45. The first-order valence-corrected chi connectivity index (χ1v) is 10.5. The Morgan fingerprint density at radius 1 is 1.06 bits per heavy atom. The minimum Gasteiger partial charge on any atom is -0.507 e. The van der Waals surface area contributed by atoms with Gasteiger partial charge in [-0.3, -0.25) is 19.5 Å². The highest BCUT2D eigenvalue weighted by Gasteiger charge is 2.47. The number of carbonyl (C=O) groups excluding carboxylic acids is 2. The molecule has 1 unspecified atom stereocenters. The van der Waals surface area contributed by atoms with E-state index in [2.05, 4.69) is 4.98 Å². The monoisotopic (exact) mass is 428 g/mol. The number of hydrogen-bond acceptors (Lipinski definition) is 5. The number of ketones is 1. The van der Waals surface area contributed by atoms with Crippen molar-refractivity contribution in [2.45, 2.75) is 26.3 Å². The topological polar surface area (TPSA) is 79.7 Å². The number of amides is 1. The van der Waals surface area contributed by atoms with Crippen molar-refractivity contribution in [3.05, 3.63) is 95.3 Å². The van der Waals surface area contributed by atoms with Gasteiger partial charge in [0.05, 0.1) is 17.9 Å². The number of hydrogen-bond donors (Lipinski definition) is 1. The van der Waals surface area contributed by atoms with E-state index >= 15 is 0 Å². The van der Waals surface area contributed by atoms with Crippen LogP contribution in [-0.4, -0.2) is 28.4 Å². The Morgan fingerprint density at radius 3 is 2.59 bits per heavy atom. The van der Waals surface area contributed by atoms with E-state index in [1.165, 1.54) is 4.90 Å². The SMILES string of the molecule is CCCOc1cccc(/C(O)=C2\C(=O)C(=O)N(c3cccc(C)c3)C2c2ccccn2)c1. The lowest BCUT2D eigenvalue weighted by atomic mass is 9.98. The second kappa shape index (κ2) is 9.06. The molecule has 1 aliphatic rings. The lowest BCUT2D eigenvalue weighted by molar-refractivity contribution is -0.132. The van der Waals surface area contributed by atoms with E-state index in [1.54, 1.807) is 54.7 Å². The van der Waals surface area contributed by atoms with Crippen molar-refractivity contribution in [1.29, 1.82) is 0 Å². The molecule has 1 saturated heterocycles. The first-order chi connectivity index (χ1) is 15.5. The molecule has 1 atom stereocenters. The van der Waals surface area contributed by atoms with Crippen LogP contribution in [-0.2, 0) is 9.59 Å². The fraction of sp³-hybridized carbons (Fsp3) is 0.192. The fourth-order valence-electron chi connectivity index (χ4n) is 3.80. The lowest BCUT2D eigenvalue weighted by Crippen LogP contribution is -2.29. The minimum absolute atomic E-state index is 0.00264. The molecular weight excluding hydrogens is 404 g/mol. The van der Waals surface area contributed by atoms with Crippen molar-refractivity contribution < 1.29 is 19.4 Å². The number of aliphatic hydroxyl groups is 1. The summed E-state index contributed by atoms with van der Waals surface area (Å²) in [5.74, 6) is -1.12. The van der Waals surface area contributed by atoms with Gasteiger partial charge < -0.3 is 9.84 Å². The normalized spacial score (nSPS) is 17.6. The average Bonchev–Trinajstić information content (AvgIpc) is 3.08. The van der Waals surface area contributed by atoms with E-state index < -0.39 is 17.7 Å². The highest BCUT2D eigenvalue weighted by Crippen LogP contribution is 2.41. The zero-order valence-electron chi connectivity index (χ0n) is 18.0. The van der Waals surface area contributed by atoms with E-state index in [-0.39, 0.29) is 11.3 Å². The molecule has 6 heteroatoms. The Kier molecular flexibility index (Phi) is 6.03. The van der Waals surface area contributed by atoms with Crippen LogP contribution in [0, 0.1) is 6.92 Å². The predicted octanol–water partition coefficient (Wildman–Crippen LogP) is 4.81. The zero-order valence-corrected chi connectivity index (χ0v) is 18.0. The van der Waals surface area contributed by atoms with Crippen LogP contribution in [0.5, 0.6) is 5.75 Å². The van der Waals surface area contributed by atoms with Crippen molar-refractivity contribution in [3.63, 3.8) is 0 Å². The third kappa shape index (κ3) is 3.99. The largest absolute Gasteiger partial charge is 0.507 e. The van der Waals surface area contributed by atoms with Gasteiger partial charge in [-0.05, 0) is 55.3 Å². The van der Waals surface area contributed by atoms with E-state index in [0.717, 1.165) is 12.0 Å². The van der Waals surface area contributed by atoms with Gasteiger partial charge in [0.2, 0.25) is 0 Å². The summed E-state index contributed by atoms with van der Waals surface area (Å²) in [4.78, 5) is 32.1. The number of rotatable bonds is 6. The smallest absolute Gasteiger partial charge is 0.300 e. The van der Waals surface area contributed by atoms with Gasteiger partial charge >= 0.3 is 0 Å². The van der Waals surface area contributed by atoms with Crippen molar-refractivity contribution in [2.24, 2.45) is 0 Å². The van der Waals surface area contributed by atoms with Crippen LogP contribution in [0.25, 0.3) is 5.76 Å². The van der Waals surface area contributed by atoms with Crippen molar-refractivity contribution >= 4 is 23.1 Å². The van der Waals surface area contributed by atoms with Crippen LogP contribution < -0.4 is 9.64 Å². The molecule has 0 spiro atoms. The second-order valence-corrected chi connectivity index (χ2v) is 7.64. The van der Waals surface area contributed by atoms with Gasteiger partial charge in [-0.2, -0.15) is 0 Å². The molecule has 1 N–H and O–H groups in total. The van der Waals surface area contributed by atoms with Crippen LogP contribution in [0.4, 0.5) is 5.69 Å². The van der Waals surface area contributed by atoms with Gasteiger partial charge in [-0.15, -0.1) is 0 Å². The molecule has 6 nitrogen and oxygen atoms in total. The molecule has 32 heavy (non-hydrogen) atoms. The number of ether oxygens (including phenoxy) is 1. The maximum Gasteiger partial charge on any atom is 0.300 e.